The largest absolute Gasteiger partial charge is 0.497 e. The summed E-state index contributed by atoms with van der Waals surface area (Å²) >= 11 is 0. The highest BCUT2D eigenvalue weighted by atomic mass is 35.5. The van der Waals surface area contributed by atoms with Gasteiger partial charge in [-0.1, -0.05) is 31.2 Å². The van der Waals surface area contributed by atoms with E-state index in [0.717, 1.165) is 42.1 Å². The van der Waals surface area contributed by atoms with Crippen LogP contribution in [0.1, 0.15) is 24.1 Å². The van der Waals surface area contributed by atoms with E-state index in [-0.39, 0.29) is 30.3 Å². The predicted molar refractivity (Wildman–Crippen MR) is 113 cm³/mol. The summed E-state index contributed by atoms with van der Waals surface area (Å²) in [6.07, 6.45) is 0.720. The van der Waals surface area contributed by atoms with Gasteiger partial charge in [0, 0.05) is 5.92 Å². The molecule has 0 radical (unpaired) electrons. The second kappa shape index (κ2) is 10.3. The highest BCUT2D eigenvalue weighted by Crippen LogP contribution is 2.24. The van der Waals surface area contributed by atoms with Gasteiger partial charge in [-0.05, 0) is 60.8 Å². The number of hydrogen-bond acceptors (Lipinski definition) is 4. The van der Waals surface area contributed by atoms with Crippen molar-refractivity contribution in [3.63, 3.8) is 0 Å². The van der Waals surface area contributed by atoms with E-state index >= 15 is 0 Å². The fraction of sp³-hybridized carbons (Fsp3) is 0.409. The first-order chi connectivity index (χ1) is 13.1. The zero-order chi connectivity index (χ0) is 19.2. The van der Waals surface area contributed by atoms with Gasteiger partial charge >= 0.3 is 0 Å². The Morgan fingerprint density at radius 1 is 1.04 bits per heavy atom. The smallest absolute Gasteiger partial charge is 0.223 e. The average Bonchev–Trinajstić information content (AvgIpc) is 2.66. The molecule has 3 rings (SSSR count). The Balaban J connectivity index is 0.00000280. The van der Waals surface area contributed by atoms with Crippen LogP contribution >= 0.6 is 12.4 Å². The number of rotatable bonds is 8. The number of methoxy groups -OCH3 is 2. The van der Waals surface area contributed by atoms with Gasteiger partial charge in [-0.3, -0.25) is 4.79 Å². The molecule has 28 heavy (non-hydrogen) atoms. The van der Waals surface area contributed by atoms with Gasteiger partial charge in [0.1, 0.15) is 11.5 Å². The normalized spacial score (nSPS) is 15.5. The third kappa shape index (κ3) is 5.40. The lowest BCUT2D eigenvalue weighted by molar-refractivity contribution is -0.127. The first kappa shape index (κ1) is 22.1. The van der Waals surface area contributed by atoms with Crippen LogP contribution in [0, 0.1) is 11.8 Å². The lowest BCUT2D eigenvalue weighted by Gasteiger charge is -2.33. The van der Waals surface area contributed by atoms with Crippen molar-refractivity contribution in [2.45, 2.75) is 19.4 Å². The van der Waals surface area contributed by atoms with E-state index in [1.807, 2.05) is 55.5 Å². The van der Waals surface area contributed by atoms with Gasteiger partial charge in [0.2, 0.25) is 5.91 Å². The van der Waals surface area contributed by atoms with E-state index in [0.29, 0.717) is 5.92 Å². The number of carbonyl (C=O) groups excluding carboxylic acids is 1. The maximum atomic E-state index is 12.8. The lowest BCUT2D eigenvalue weighted by Crippen LogP contribution is -2.50. The number of halogens is 1. The molecule has 1 saturated heterocycles. The first-order valence-corrected chi connectivity index (χ1v) is 9.38. The molecule has 1 amide bonds. The number of benzene rings is 2. The lowest BCUT2D eigenvalue weighted by atomic mass is 9.87. The predicted octanol–water partition coefficient (Wildman–Crippen LogP) is 3.38. The summed E-state index contributed by atoms with van der Waals surface area (Å²) in [4.78, 5) is 12.8. The highest BCUT2D eigenvalue weighted by Gasteiger charge is 2.30. The topological polar surface area (TPSA) is 59.6 Å². The van der Waals surface area contributed by atoms with Crippen molar-refractivity contribution >= 4 is 18.3 Å². The molecule has 2 atom stereocenters. The van der Waals surface area contributed by atoms with Gasteiger partial charge in [-0.2, -0.15) is 0 Å². The van der Waals surface area contributed by atoms with Crippen molar-refractivity contribution < 1.29 is 14.3 Å². The fourth-order valence-corrected chi connectivity index (χ4v) is 3.27. The third-order valence-corrected chi connectivity index (χ3v) is 5.37. The fourth-order valence-electron chi connectivity index (χ4n) is 3.27. The molecule has 2 aromatic carbocycles. The molecule has 0 saturated carbocycles. The van der Waals surface area contributed by atoms with Crippen LogP contribution in [0.2, 0.25) is 0 Å². The summed E-state index contributed by atoms with van der Waals surface area (Å²) in [6.45, 7) is 3.85. The summed E-state index contributed by atoms with van der Waals surface area (Å²) in [7, 11) is 3.31. The van der Waals surface area contributed by atoms with Crippen molar-refractivity contribution in [3.8, 4) is 11.5 Å². The molecule has 152 valence electrons. The Kier molecular flexibility index (Phi) is 8.15. The third-order valence-electron chi connectivity index (χ3n) is 5.37. The Morgan fingerprint density at radius 2 is 1.57 bits per heavy atom. The van der Waals surface area contributed by atoms with Crippen LogP contribution in [0.3, 0.4) is 0 Å². The van der Waals surface area contributed by atoms with Crippen LogP contribution in [-0.4, -0.2) is 33.2 Å². The van der Waals surface area contributed by atoms with Crippen molar-refractivity contribution in [1.82, 2.24) is 10.6 Å². The van der Waals surface area contributed by atoms with Gasteiger partial charge < -0.3 is 20.1 Å². The van der Waals surface area contributed by atoms with Crippen LogP contribution in [-0.2, 0) is 11.2 Å². The molecular formula is C22H29ClN2O3. The zero-order valence-electron chi connectivity index (χ0n) is 16.6. The van der Waals surface area contributed by atoms with Crippen LogP contribution in [0.5, 0.6) is 11.5 Å². The van der Waals surface area contributed by atoms with Crippen molar-refractivity contribution in [3.05, 3.63) is 59.7 Å². The van der Waals surface area contributed by atoms with E-state index in [9.17, 15) is 4.79 Å². The van der Waals surface area contributed by atoms with Gasteiger partial charge in [-0.15, -0.1) is 12.4 Å². The summed E-state index contributed by atoms with van der Waals surface area (Å²) in [6, 6.07) is 15.8. The van der Waals surface area contributed by atoms with Crippen LogP contribution in [0.25, 0.3) is 0 Å². The quantitative estimate of drug-likeness (QED) is 0.708. The van der Waals surface area contributed by atoms with E-state index in [1.54, 1.807) is 14.2 Å². The van der Waals surface area contributed by atoms with E-state index in [1.165, 1.54) is 0 Å². The minimum atomic E-state index is -0.0905. The maximum absolute atomic E-state index is 12.8. The molecule has 6 heteroatoms. The Hall–Kier alpha value is -2.24. The van der Waals surface area contributed by atoms with Crippen molar-refractivity contribution in [2.24, 2.45) is 11.8 Å². The molecule has 0 bridgehead atoms. The number of carbonyl (C=O) groups is 1. The molecule has 2 N–H and O–H groups in total. The Bertz CT molecular complexity index is 745. The van der Waals surface area contributed by atoms with Gasteiger partial charge in [0.25, 0.3) is 0 Å². The second-order valence-electron chi connectivity index (χ2n) is 7.09. The number of amides is 1. The molecule has 1 aliphatic rings. The molecule has 1 heterocycles. The van der Waals surface area contributed by atoms with Gasteiger partial charge in [-0.25, -0.2) is 0 Å². The molecule has 0 spiro atoms. The second-order valence-corrected chi connectivity index (χ2v) is 7.09. The van der Waals surface area contributed by atoms with Crippen LogP contribution < -0.4 is 20.1 Å². The van der Waals surface area contributed by atoms with Crippen LogP contribution in [0.4, 0.5) is 0 Å². The monoisotopic (exact) mass is 404 g/mol. The van der Waals surface area contributed by atoms with Crippen molar-refractivity contribution in [2.75, 3.05) is 27.3 Å². The van der Waals surface area contributed by atoms with Gasteiger partial charge in [0.15, 0.2) is 0 Å². The molecule has 0 aliphatic carbocycles. The molecule has 2 unspecified atom stereocenters. The SMILES string of the molecule is COc1ccc(CC(NC(=O)C(C)C2CNC2)c2ccc(OC)cc2)cc1.Cl. The standard InChI is InChI=1S/C22H28N2O3.ClH/c1-15(18-13-23-14-18)22(25)24-21(17-6-10-20(27-3)11-7-17)12-16-4-8-19(26-2)9-5-16;/h4-11,15,18,21,23H,12-14H2,1-3H3,(H,24,25);1H. The molecule has 0 aromatic heterocycles. The molecule has 2 aromatic rings. The summed E-state index contributed by atoms with van der Waals surface area (Å²) in [5.41, 5.74) is 2.22. The van der Waals surface area contributed by atoms with E-state index in [2.05, 4.69) is 10.6 Å². The average molecular weight is 405 g/mol. The zero-order valence-corrected chi connectivity index (χ0v) is 17.4. The summed E-state index contributed by atoms with van der Waals surface area (Å²) in [5, 5.41) is 6.50. The molecule has 5 nitrogen and oxygen atoms in total. The number of hydrogen-bond donors (Lipinski definition) is 2. The van der Waals surface area contributed by atoms with E-state index < -0.39 is 0 Å². The minimum Gasteiger partial charge on any atom is -0.497 e. The Morgan fingerprint density at radius 3 is 2.04 bits per heavy atom. The summed E-state index contributed by atoms with van der Waals surface area (Å²) < 4.78 is 10.5. The Labute approximate surface area is 173 Å². The maximum Gasteiger partial charge on any atom is 0.223 e. The molecular weight excluding hydrogens is 376 g/mol. The van der Waals surface area contributed by atoms with Gasteiger partial charge in [0.05, 0.1) is 20.3 Å². The summed E-state index contributed by atoms with van der Waals surface area (Å²) in [5.74, 6) is 2.17. The van der Waals surface area contributed by atoms with E-state index in [4.69, 9.17) is 9.47 Å². The van der Waals surface area contributed by atoms with Crippen molar-refractivity contribution in [1.29, 1.82) is 0 Å². The first-order valence-electron chi connectivity index (χ1n) is 9.38. The minimum absolute atomic E-state index is 0. The molecule has 1 fully saturated rings. The number of ether oxygens (including phenoxy) is 2. The van der Waals surface area contributed by atoms with Crippen LogP contribution in [0.15, 0.2) is 48.5 Å². The molecule has 1 aliphatic heterocycles. The number of nitrogens with one attached hydrogen (secondary N) is 2. The highest BCUT2D eigenvalue weighted by molar-refractivity contribution is 5.85.